The molecule has 0 aliphatic carbocycles. The van der Waals surface area contributed by atoms with Crippen LogP contribution in [0.15, 0.2) is 24.3 Å². The number of nitrogens with one attached hydrogen (secondary N) is 1. The summed E-state index contributed by atoms with van der Waals surface area (Å²) >= 11 is 0. The summed E-state index contributed by atoms with van der Waals surface area (Å²) in [7, 11) is 0. The minimum Gasteiger partial charge on any atom is -0.388 e. The molecule has 0 bridgehead atoms. The van der Waals surface area contributed by atoms with Crippen molar-refractivity contribution < 1.29 is 5.11 Å². The summed E-state index contributed by atoms with van der Waals surface area (Å²) in [5.41, 5.74) is 1.72. The molecular weight excluding hydrogens is 236 g/mol. The number of hydrogen-bond acceptors (Lipinski definition) is 3. The van der Waals surface area contributed by atoms with Crippen LogP contribution in [-0.4, -0.2) is 34.7 Å². The molecule has 0 spiro atoms. The molecule has 1 aromatic carbocycles. The minimum atomic E-state index is -0.714. The lowest BCUT2D eigenvalue weighted by Crippen LogP contribution is -2.39. The van der Waals surface area contributed by atoms with Gasteiger partial charge in [0.1, 0.15) is 0 Å². The standard InChI is InChI=1S/C16H26N2O/c1-13(16(2,3)19)17-15-8-6-14(7-9-15)12-18-10-4-5-11-18/h6-9,13,17,19H,4-5,10-12H2,1-3H3. The van der Waals surface area contributed by atoms with E-state index in [1.54, 1.807) is 0 Å². The number of benzene rings is 1. The monoisotopic (exact) mass is 262 g/mol. The van der Waals surface area contributed by atoms with Crippen LogP contribution in [0.4, 0.5) is 5.69 Å². The van der Waals surface area contributed by atoms with E-state index in [1.165, 1.54) is 31.5 Å². The number of rotatable bonds is 5. The Labute approximate surface area is 116 Å². The highest BCUT2D eigenvalue weighted by Gasteiger charge is 2.21. The molecule has 1 heterocycles. The SMILES string of the molecule is CC(Nc1ccc(CN2CCCC2)cc1)C(C)(C)O. The molecule has 1 saturated heterocycles. The van der Waals surface area contributed by atoms with Crippen LogP contribution < -0.4 is 5.32 Å². The maximum Gasteiger partial charge on any atom is 0.0789 e. The predicted molar refractivity (Wildman–Crippen MR) is 80.3 cm³/mol. The van der Waals surface area contributed by atoms with Gasteiger partial charge in [-0.1, -0.05) is 12.1 Å². The molecular formula is C16H26N2O. The van der Waals surface area contributed by atoms with Crippen molar-refractivity contribution in [3.8, 4) is 0 Å². The summed E-state index contributed by atoms with van der Waals surface area (Å²) in [6, 6.07) is 8.59. The zero-order valence-electron chi connectivity index (χ0n) is 12.3. The number of nitrogens with zero attached hydrogens (tertiary/aromatic N) is 1. The van der Waals surface area contributed by atoms with Crippen LogP contribution in [0.25, 0.3) is 0 Å². The smallest absolute Gasteiger partial charge is 0.0789 e. The van der Waals surface area contributed by atoms with Gasteiger partial charge in [0.25, 0.3) is 0 Å². The molecule has 19 heavy (non-hydrogen) atoms. The van der Waals surface area contributed by atoms with E-state index in [2.05, 4.69) is 34.5 Å². The number of aliphatic hydroxyl groups is 1. The lowest BCUT2D eigenvalue weighted by atomic mass is 10.0. The third kappa shape index (κ3) is 4.22. The maximum absolute atomic E-state index is 9.92. The van der Waals surface area contributed by atoms with E-state index in [4.69, 9.17) is 0 Å². The van der Waals surface area contributed by atoms with E-state index >= 15 is 0 Å². The minimum absolute atomic E-state index is 0.0249. The first-order valence-electron chi connectivity index (χ1n) is 7.25. The van der Waals surface area contributed by atoms with Crippen LogP contribution in [0.2, 0.25) is 0 Å². The number of anilines is 1. The second-order valence-electron chi connectivity index (χ2n) is 6.20. The fourth-order valence-electron chi connectivity index (χ4n) is 2.33. The van der Waals surface area contributed by atoms with E-state index in [9.17, 15) is 5.11 Å². The van der Waals surface area contributed by atoms with E-state index < -0.39 is 5.60 Å². The van der Waals surface area contributed by atoms with Crippen molar-refractivity contribution in [2.24, 2.45) is 0 Å². The van der Waals surface area contributed by atoms with Crippen LogP contribution >= 0.6 is 0 Å². The molecule has 1 unspecified atom stereocenters. The Hall–Kier alpha value is -1.06. The summed E-state index contributed by atoms with van der Waals surface area (Å²) in [5.74, 6) is 0. The molecule has 106 valence electrons. The highest BCUT2D eigenvalue weighted by molar-refractivity contribution is 5.45. The van der Waals surface area contributed by atoms with Crippen molar-refractivity contribution in [2.45, 2.75) is 51.8 Å². The van der Waals surface area contributed by atoms with Gasteiger partial charge in [0, 0.05) is 12.2 Å². The Bertz CT molecular complexity index is 388. The average Bonchev–Trinajstić information content (AvgIpc) is 2.83. The summed E-state index contributed by atoms with van der Waals surface area (Å²) < 4.78 is 0. The Morgan fingerprint density at radius 2 is 1.79 bits per heavy atom. The average molecular weight is 262 g/mol. The fraction of sp³-hybridized carbons (Fsp3) is 0.625. The zero-order valence-corrected chi connectivity index (χ0v) is 12.3. The molecule has 0 aromatic heterocycles. The van der Waals surface area contributed by atoms with Gasteiger partial charge >= 0.3 is 0 Å². The van der Waals surface area contributed by atoms with Gasteiger partial charge in [0.15, 0.2) is 0 Å². The van der Waals surface area contributed by atoms with Gasteiger partial charge in [0.05, 0.1) is 11.6 Å². The largest absolute Gasteiger partial charge is 0.388 e. The van der Waals surface area contributed by atoms with Gasteiger partial charge in [-0.05, 0) is 64.4 Å². The van der Waals surface area contributed by atoms with Crippen molar-refractivity contribution in [1.82, 2.24) is 4.90 Å². The first-order chi connectivity index (χ1) is 8.95. The van der Waals surface area contributed by atoms with Gasteiger partial charge in [-0.2, -0.15) is 0 Å². The quantitative estimate of drug-likeness (QED) is 0.856. The second kappa shape index (κ2) is 5.93. The third-order valence-corrected chi connectivity index (χ3v) is 4.00. The molecule has 1 atom stereocenters. The van der Waals surface area contributed by atoms with E-state index in [0.29, 0.717) is 0 Å². The molecule has 0 saturated carbocycles. The third-order valence-electron chi connectivity index (χ3n) is 4.00. The van der Waals surface area contributed by atoms with Crippen molar-refractivity contribution in [1.29, 1.82) is 0 Å². The van der Waals surface area contributed by atoms with Crippen LogP contribution in [-0.2, 0) is 6.54 Å². The van der Waals surface area contributed by atoms with Crippen LogP contribution in [0.1, 0.15) is 39.2 Å². The Kier molecular flexibility index (Phi) is 4.48. The molecule has 3 nitrogen and oxygen atoms in total. The van der Waals surface area contributed by atoms with E-state index in [-0.39, 0.29) is 6.04 Å². The molecule has 3 heteroatoms. The van der Waals surface area contributed by atoms with Gasteiger partial charge in [-0.25, -0.2) is 0 Å². The van der Waals surface area contributed by atoms with Crippen LogP contribution in [0.3, 0.4) is 0 Å². The Balaban J connectivity index is 1.90. The molecule has 1 aliphatic rings. The highest BCUT2D eigenvalue weighted by atomic mass is 16.3. The molecule has 1 aromatic rings. The highest BCUT2D eigenvalue weighted by Crippen LogP contribution is 2.18. The predicted octanol–water partition coefficient (Wildman–Crippen LogP) is 2.85. The molecule has 0 radical (unpaired) electrons. The second-order valence-corrected chi connectivity index (χ2v) is 6.20. The molecule has 2 rings (SSSR count). The molecule has 1 aliphatic heterocycles. The normalized spacial score (nSPS) is 18.5. The molecule has 2 N–H and O–H groups in total. The summed E-state index contributed by atoms with van der Waals surface area (Å²) in [4.78, 5) is 2.50. The van der Waals surface area contributed by atoms with Crippen molar-refractivity contribution in [2.75, 3.05) is 18.4 Å². The van der Waals surface area contributed by atoms with Gasteiger partial charge in [-0.3, -0.25) is 4.90 Å². The van der Waals surface area contributed by atoms with E-state index in [1.807, 2.05) is 20.8 Å². The lowest BCUT2D eigenvalue weighted by molar-refractivity contribution is 0.0649. The topological polar surface area (TPSA) is 35.5 Å². The number of likely N-dealkylation sites (tertiary alicyclic amines) is 1. The lowest BCUT2D eigenvalue weighted by Gasteiger charge is -2.27. The summed E-state index contributed by atoms with van der Waals surface area (Å²) in [6.45, 7) is 9.17. The van der Waals surface area contributed by atoms with Crippen molar-refractivity contribution in [3.63, 3.8) is 0 Å². The first-order valence-corrected chi connectivity index (χ1v) is 7.25. The number of hydrogen-bond donors (Lipinski definition) is 2. The molecule has 0 amide bonds. The Morgan fingerprint density at radius 1 is 1.21 bits per heavy atom. The van der Waals surface area contributed by atoms with Crippen molar-refractivity contribution >= 4 is 5.69 Å². The Morgan fingerprint density at radius 3 is 2.32 bits per heavy atom. The van der Waals surface area contributed by atoms with Gasteiger partial charge in [0.2, 0.25) is 0 Å². The zero-order chi connectivity index (χ0) is 13.9. The summed E-state index contributed by atoms with van der Waals surface area (Å²) in [5, 5.41) is 13.3. The van der Waals surface area contributed by atoms with Crippen LogP contribution in [0, 0.1) is 0 Å². The van der Waals surface area contributed by atoms with Crippen LogP contribution in [0.5, 0.6) is 0 Å². The van der Waals surface area contributed by atoms with E-state index in [0.717, 1.165) is 12.2 Å². The van der Waals surface area contributed by atoms with Gasteiger partial charge < -0.3 is 10.4 Å². The van der Waals surface area contributed by atoms with Gasteiger partial charge in [-0.15, -0.1) is 0 Å². The summed E-state index contributed by atoms with van der Waals surface area (Å²) in [6.07, 6.45) is 2.67. The van der Waals surface area contributed by atoms with Crippen molar-refractivity contribution in [3.05, 3.63) is 29.8 Å². The maximum atomic E-state index is 9.92. The molecule has 1 fully saturated rings. The first kappa shape index (κ1) is 14.4. The fourth-order valence-corrected chi connectivity index (χ4v) is 2.33.